The summed E-state index contributed by atoms with van der Waals surface area (Å²) in [5.41, 5.74) is 1.48. The maximum absolute atomic E-state index is 13.2. The zero-order chi connectivity index (χ0) is 22.4. The van der Waals surface area contributed by atoms with Crippen molar-refractivity contribution in [1.29, 1.82) is 0 Å². The Morgan fingerprint density at radius 2 is 1.40 bits per heavy atom. The van der Waals surface area contributed by atoms with Gasteiger partial charge in [0.2, 0.25) is 11.8 Å². The number of nitrogens with zero attached hydrogens (tertiary/aromatic N) is 1. The summed E-state index contributed by atoms with van der Waals surface area (Å²) >= 11 is 24.2. The predicted octanol–water partition coefficient (Wildman–Crippen LogP) is 6.03. The smallest absolute Gasteiger partial charge is 0.242 e. The first-order chi connectivity index (χ1) is 14.1. The third-order valence-corrected chi connectivity index (χ3v) is 6.01. The minimum atomic E-state index is -0.673. The lowest BCUT2D eigenvalue weighted by Crippen LogP contribution is -2.48. The van der Waals surface area contributed by atoms with Gasteiger partial charge >= 0.3 is 0 Å². The quantitative estimate of drug-likeness (QED) is 0.491. The number of benzene rings is 2. The molecule has 30 heavy (non-hydrogen) atoms. The number of amides is 2. The molecule has 0 saturated heterocycles. The molecule has 0 aliphatic rings. The van der Waals surface area contributed by atoms with Crippen LogP contribution in [0.15, 0.2) is 36.4 Å². The van der Waals surface area contributed by atoms with Gasteiger partial charge in [0.25, 0.3) is 0 Å². The summed E-state index contributed by atoms with van der Waals surface area (Å²) in [4.78, 5) is 27.4. The molecule has 1 atom stereocenters. The van der Waals surface area contributed by atoms with E-state index in [-0.39, 0.29) is 24.8 Å². The van der Waals surface area contributed by atoms with E-state index < -0.39 is 6.04 Å². The van der Waals surface area contributed by atoms with Gasteiger partial charge in [-0.15, -0.1) is 0 Å². The van der Waals surface area contributed by atoms with Crippen LogP contribution in [0.2, 0.25) is 20.1 Å². The van der Waals surface area contributed by atoms with E-state index in [1.165, 1.54) is 4.90 Å². The molecule has 1 N–H and O–H groups in total. The van der Waals surface area contributed by atoms with E-state index in [2.05, 4.69) is 5.32 Å². The molecule has 0 aromatic heterocycles. The third-order valence-electron chi connectivity index (χ3n) is 4.53. The summed E-state index contributed by atoms with van der Waals surface area (Å²) in [5, 5.41) is 4.50. The Kier molecular flexibility index (Phi) is 9.30. The lowest BCUT2D eigenvalue weighted by Gasteiger charge is -2.29. The fourth-order valence-corrected chi connectivity index (χ4v) is 3.44. The van der Waals surface area contributed by atoms with Crippen molar-refractivity contribution in [1.82, 2.24) is 10.2 Å². The van der Waals surface area contributed by atoms with Crippen LogP contribution in [0, 0.1) is 5.92 Å². The number of carbonyl (C=O) groups is 2. The second-order valence-corrected chi connectivity index (χ2v) is 9.14. The van der Waals surface area contributed by atoms with Gasteiger partial charge in [-0.25, -0.2) is 0 Å². The first kappa shape index (κ1) is 24.8. The van der Waals surface area contributed by atoms with Crippen molar-refractivity contribution in [2.24, 2.45) is 5.92 Å². The van der Waals surface area contributed by atoms with Crippen LogP contribution in [0.4, 0.5) is 0 Å². The van der Waals surface area contributed by atoms with Crippen molar-refractivity contribution in [3.8, 4) is 0 Å². The van der Waals surface area contributed by atoms with Gasteiger partial charge in [-0.05, 0) is 48.2 Å². The van der Waals surface area contributed by atoms with Crippen molar-refractivity contribution in [3.63, 3.8) is 0 Å². The van der Waals surface area contributed by atoms with Crippen LogP contribution in [0.1, 0.15) is 31.9 Å². The standard InChI is InChI=1S/C22H24Cl4N2O2/c1-13(2)11-27-22(30)14(3)28(12-16-5-7-18(24)20(26)9-16)21(29)10-15-4-6-17(23)19(25)8-15/h4-9,13-14H,10-12H2,1-3H3,(H,27,30)/t14-/m1/s1. The largest absolute Gasteiger partial charge is 0.354 e. The van der Waals surface area contributed by atoms with Crippen molar-refractivity contribution in [2.75, 3.05) is 6.54 Å². The van der Waals surface area contributed by atoms with E-state index in [9.17, 15) is 9.59 Å². The second kappa shape index (κ2) is 11.2. The summed E-state index contributed by atoms with van der Waals surface area (Å²) in [6, 6.07) is 9.52. The SMILES string of the molecule is CC(C)CNC(=O)[C@@H](C)N(Cc1ccc(Cl)c(Cl)c1)C(=O)Cc1ccc(Cl)c(Cl)c1. The van der Waals surface area contributed by atoms with Crippen LogP contribution in [0.5, 0.6) is 0 Å². The van der Waals surface area contributed by atoms with E-state index in [0.717, 1.165) is 5.56 Å². The van der Waals surface area contributed by atoms with E-state index in [0.29, 0.717) is 38.1 Å². The first-order valence-electron chi connectivity index (χ1n) is 9.53. The molecule has 0 bridgehead atoms. The van der Waals surface area contributed by atoms with Gasteiger partial charge in [0.1, 0.15) is 6.04 Å². The van der Waals surface area contributed by atoms with E-state index in [1.807, 2.05) is 13.8 Å². The Morgan fingerprint density at radius 3 is 1.93 bits per heavy atom. The summed E-state index contributed by atoms with van der Waals surface area (Å²) in [6.45, 7) is 6.47. The Hall–Kier alpha value is -1.46. The lowest BCUT2D eigenvalue weighted by molar-refractivity contribution is -0.140. The molecule has 2 amide bonds. The molecule has 2 rings (SSSR count). The first-order valence-corrected chi connectivity index (χ1v) is 11.0. The summed E-state index contributed by atoms with van der Waals surface area (Å²) < 4.78 is 0. The maximum Gasteiger partial charge on any atom is 0.242 e. The highest BCUT2D eigenvalue weighted by Crippen LogP contribution is 2.25. The molecule has 0 radical (unpaired) electrons. The van der Waals surface area contributed by atoms with Crippen LogP contribution in [-0.4, -0.2) is 29.3 Å². The highest BCUT2D eigenvalue weighted by atomic mass is 35.5. The molecule has 0 aliphatic carbocycles. The zero-order valence-corrected chi connectivity index (χ0v) is 20.0. The fourth-order valence-electron chi connectivity index (χ4n) is 2.80. The summed E-state index contributed by atoms with van der Waals surface area (Å²) in [5.74, 6) is -0.130. The lowest BCUT2D eigenvalue weighted by atomic mass is 10.1. The van der Waals surface area contributed by atoms with Crippen molar-refractivity contribution < 1.29 is 9.59 Å². The van der Waals surface area contributed by atoms with Gasteiger partial charge in [-0.2, -0.15) is 0 Å². The van der Waals surface area contributed by atoms with Crippen LogP contribution in [0.3, 0.4) is 0 Å². The molecule has 0 fully saturated rings. The van der Waals surface area contributed by atoms with Gasteiger partial charge < -0.3 is 10.2 Å². The van der Waals surface area contributed by atoms with Crippen LogP contribution in [-0.2, 0) is 22.6 Å². The molecule has 0 saturated carbocycles. The molecule has 2 aromatic carbocycles. The van der Waals surface area contributed by atoms with Crippen molar-refractivity contribution in [2.45, 2.75) is 39.8 Å². The van der Waals surface area contributed by atoms with Gasteiger partial charge in [0, 0.05) is 13.1 Å². The highest BCUT2D eigenvalue weighted by molar-refractivity contribution is 6.42. The molecule has 2 aromatic rings. The number of hydrogen-bond acceptors (Lipinski definition) is 2. The van der Waals surface area contributed by atoms with E-state index in [1.54, 1.807) is 43.3 Å². The highest BCUT2D eigenvalue weighted by Gasteiger charge is 2.26. The van der Waals surface area contributed by atoms with E-state index in [4.69, 9.17) is 46.4 Å². The Balaban J connectivity index is 2.25. The van der Waals surface area contributed by atoms with Gasteiger partial charge in [0.05, 0.1) is 26.5 Å². The average molecular weight is 490 g/mol. The molecule has 0 spiro atoms. The normalized spacial score (nSPS) is 12.0. The molecule has 0 unspecified atom stereocenters. The minimum absolute atomic E-state index is 0.0833. The van der Waals surface area contributed by atoms with Crippen LogP contribution < -0.4 is 5.32 Å². The van der Waals surface area contributed by atoms with Crippen LogP contribution in [0.25, 0.3) is 0 Å². The summed E-state index contributed by atoms with van der Waals surface area (Å²) in [7, 11) is 0. The van der Waals surface area contributed by atoms with Crippen LogP contribution >= 0.6 is 46.4 Å². The Bertz CT molecular complexity index is 918. The molecule has 0 heterocycles. The topological polar surface area (TPSA) is 49.4 Å². The fraction of sp³-hybridized carbons (Fsp3) is 0.364. The van der Waals surface area contributed by atoms with E-state index >= 15 is 0 Å². The summed E-state index contributed by atoms with van der Waals surface area (Å²) in [6.07, 6.45) is 0.0833. The number of halogens is 4. The van der Waals surface area contributed by atoms with Gasteiger partial charge in [0.15, 0.2) is 0 Å². The minimum Gasteiger partial charge on any atom is -0.354 e. The average Bonchev–Trinajstić information content (AvgIpc) is 2.69. The monoisotopic (exact) mass is 488 g/mol. The molecule has 8 heteroatoms. The van der Waals surface area contributed by atoms with Crippen molar-refractivity contribution in [3.05, 3.63) is 67.6 Å². The molecule has 162 valence electrons. The number of hydrogen-bond donors (Lipinski definition) is 1. The maximum atomic E-state index is 13.2. The molecular weight excluding hydrogens is 466 g/mol. The number of carbonyl (C=O) groups excluding carboxylic acids is 2. The number of nitrogens with one attached hydrogen (secondary N) is 1. The third kappa shape index (κ3) is 7.05. The number of rotatable bonds is 8. The van der Waals surface area contributed by atoms with Gasteiger partial charge in [-0.1, -0.05) is 72.4 Å². The van der Waals surface area contributed by atoms with Gasteiger partial charge in [-0.3, -0.25) is 9.59 Å². The zero-order valence-electron chi connectivity index (χ0n) is 17.0. The predicted molar refractivity (Wildman–Crippen MR) is 124 cm³/mol. The molecule has 0 aliphatic heterocycles. The Labute approximate surface area is 197 Å². The van der Waals surface area contributed by atoms with Crippen molar-refractivity contribution >= 4 is 58.2 Å². The molecular formula is C22H24Cl4N2O2. The Morgan fingerprint density at radius 1 is 0.867 bits per heavy atom. The second-order valence-electron chi connectivity index (χ2n) is 7.51. The molecule has 4 nitrogen and oxygen atoms in total.